The van der Waals surface area contributed by atoms with Crippen LogP contribution in [0, 0.1) is 0 Å². The Morgan fingerprint density at radius 1 is 0.912 bits per heavy atom. The lowest BCUT2D eigenvalue weighted by Gasteiger charge is -2.24. The third-order valence-corrected chi connectivity index (χ3v) is 6.66. The molecular formula is C25H23N5O3S. The number of fused-ring (bicyclic) bond motifs is 2. The van der Waals surface area contributed by atoms with Crippen LogP contribution in [0.25, 0.3) is 5.69 Å². The van der Waals surface area contributed by atoms with Crippen LogP contribution in [0.1, 0.15) is 11.1 Å². The summed E-state index contributed by atoms with van der Waals surface area (Å²) in [6.45, 7) is 0. The van der Waals surface area contributed by atoms with E-state index in [1.165, 1.54) is 11.8 Å². The second-order valence-corrected chi connectivity index (χ2v) is 8.63. The summed E-state index contributed by atoms with van der Waals surface area (Å²) in [7, 11) is 3.17. The lowest BCUT2D eigenvalue weighted by Crippen LogP contribution is -2.28. The lowest BCUT2D eigenvalue weighted by molar-refractivity contribution is -0.115. The number of benzene rings is 3. The number of aryl methyl sites for hydroxylation is 2. The van der Waals surface area contributed by atoms with Crippen LogP contribution >= 0.6 is 11.8 Å². The quantitative estimate of drug-likeness (QED) is 0.388. The van der Waals surface area contributed by atoms with Gasteiger partial charge in [0, 0.05) is 6.07 Å². The van der Waals surface area contributed by atoms with Crippen molar-refractivity contribution in [2.75, 3.05) is 24.9 Å². The van der Waals surface area contributed by atoms with Crippen molar-refractivity contribution in [3.05, 3.63) is 77.9 Å². The van der Waals surface area contributed by atoms with Gasteiger partial charge in [0.2, 0.25) is 11.1 Å². The summed E-state index contributed by atoms with van der Waals surface area (Å²) in [4.78, 5) is 15.4. The number of hydrogen-bond acceptors (Lipinski definition) is 7. The van der Waals surface area contributed by atoms with E-state index < -0.39 is 0 Å². The molecule has 0 fully saturated rings. The number of carbonyl (C=O) groups excluding carboxylic acids is 1. The topological polar surface area (TPSA) is 82.4 Å². The molecule has 0 spiro atoms. The smallest absolute Gasteiger partial charge is 0.242 e. The molecule has 0 saturated carbocycles. The van der Waals surface area contributed by atoms with Crippen LogP contribution in [-0.4, -0.2) is 46.1 Å². The minimum Gasteiger partial charge on any atom is -0.497 e. The Kier molecular flexibility index (Phi) is 6.18. The van der Waals surface area contributed by atoms with Crippen molar-refractivity contribution in [1.82, 2.24) is 20.2 Å². The van der Waals surface area contributed by atoms with E-state index in [4.69, 9.17) is 9.47 Å². The molecule has 0 N–H and O–H groups in total. The van der Waals surface area contributed by atoms with Gasteiger partial charge in [-0.3, -0.25) is 9.69 Å². The highest BCUT2D eigenvalue weighted by Gasteiger charge is 2.26. The number of nitrogens with zero attached hydrogens (tertiary/aromatic N) is 5. The van der Waals surface area contributed by atoms with E-state index in [9.17, 15) is 4.79 Å². The number of para-hydroxylation sites is 2. The molecule has 0 unspecified atom stereocenters. The maximum Gasteiger partial charge on any atom is 0.242 e. The summed E-state index contributed by atoms with van der Waals surface area (Å²) < 4.78 is 12.3. The maximum absolute atomic E-state index is 13.6. The van der Waals surface area contributed by atoms with Crippen LogP contribution < -0.4 is 14.4 Å². The zero-order valence-electron chi connectivity index (χ0n) is 18.8. The van der Waals surface area contributed by atoms with Crippen molar-refractivity contribution < 1.29 is 14.3 Å². The van der Waals surface area contributed by atoms with Gasteiger partial charge in [0.15, 0.2) is 0 Å². The summed E-state index contributed by atoms with van der Waals surface area (Å²) in [5.41, 5.74) is 4.83. The fourth-order valence-corrected chi connectivity index (χ4v) is 4.85. The van der Waals surface area contributed by atoms with Crippen LogP contribution in [-0.2, 0) is 17.6 Å². The van der Waals surface area contributed by atoms with Crippen LogP contribution in [0.2, 0.25) is 0 Å². The first-order valence-electron chi connectivity index (χ1n) is 10.8. The van der Waals surface area contributed by atoms with E-state index in [0.29, 0.717) is 22.3 Å². The average molecular weight is 474 g/mol. The summed E-state index contributed by atoms with van der Waals surface area (Å²) in [6, 6.07) is 21.6. The molecule has 1 aromatic heterocycles. The molecule has 9 heteroatoms. The molecule has 0 saturated heterocycles. The van der Waals surface area contributed by atoms with Gasteiger partial charge in [-0.1, -0.05) is 48.2 Å². The molecule has 3 aromatic carbocycles. The summed E-state index contributed by atoms with van der Waals surface area (Å²) in [6.07, 6.45) is 1.78. The second-order valence-electron chi connectivity index (χ2n) is 7.69. The van der Waals surface area contributed by atoms with Crippen molar-refractivity contribution in [2.45, 2.75) is 18.0 Å². The number of ether oxygens (including phenoxy) is 2. The van der Waals surface area contributed by atoms with Crippen molar-refractivity contribution >= 4 is 29.0 Å². The van der Waals surface area contributed by atoms with Crippen LogP contribution in [0.3, 0.4) is 0 Å². The fraction of sp³-hybridized carbons (Fsp3) is 0.200. The Labute approximate surface area is 201 Å². The van der Waals surface area contributed by atoms with Gasteiger partial charge in [-0.2, -0.15) is 4.68 Å². The predicted molar refractivity (Wildman–Crippen MR) is 130 cm³/mol. The largest absolute Gasteiger partial charge is 0.497 e. The summed E-state index contributed by atoms with van der Waals surface area (Å²) >= 11 is 1.28. The first-order chi connectivity index (χ1) is 16.7. The van der Waals surface area contributed by atoms with Crippen molar-refractivity contribution in [3.8, 4) is 17.2 Å². The van der Waals surface area contributed by atoms with Crippen LogP contribution in [0.4, 0.5) is 11.4 Å². The number of tetrazole rings is 1. The molecule has 1 aliphatic rings. The van der Waals surface area contributed by atoms with E-state index in [-0.39, 0.29) is 11.7 Å². The molecule has 8 nitrogen and oxygen atoms in total. The standard InChI is InChI=1S/C25H23N5O3S/c1-32-19-13-14-22(23(15-19)33-2)30-25(26-27-28-30)34-16-24(31)29-20-9-5-3-7-17(20)11-12-18-8-4-6-10-21(18)29/h3-10,13-15H,11-12,16H2,1-2H3. The Morgan fingerprint density at radius 3 is 2.24 bits per heavy atom. The molecule has 5 rings (SSSR count). The first kappa shape index (κ1) is 22.0. The number of thioether (sulfide) groups is 1. The van der Waals surface area contributed by atoms with E-state index in [1.54, 1.807) is 25.0 Å². The SMILES string of the molecule is COc1ccc(-n2nnnc2SCC(=O)N2c3ccccc3CCc3ccccc32)c(OC)c1. The minimum atomic E-state index is -0.0388. The monoisotopic (exact) mass is 473 g/mol. The van der Waals surface area contributed by atoms with Crippen LogP contribution in [0.15, 0.2) is 71.9 Å². The molecular weight excluding hydrogens is 450 g/mol. The third-order valence-electron chi connectivity index (χ3n) is 5.76. The minimum absolute atomic E-state index is 0.0388. The molecule has 0 aliphatic carbocycles. The summed E-state index contributed by atoms with van der Waals surface area (Å²) in [5, 5.41) is 12.6. The summed E-state index contributed by atoms with van der Waals surface area (Å²) in [5.74, 6) is 1.36. The Balaban J connectivity index is 1.44. The Morgan fingerprint density at radius 2 is 1.59 bits per heavy atom. The number of carbonyl (C=O) groups is 1. The van der Waals surface area contributed by atoms with Gasteiger partial charge in [-0.25, -0.2) is 0 Å². The van der Waals surface area contributed by atoms with Gasteiger partial charge in [0.05, 0.1) is 31.3 Å². The molecule has 2 heterocycles. The fourth-order valence-electron chi connectivity index (χ4n) is 4.12. The number of anilines is 2. The zero-order chi connectivity index (χ0) is 23.5. The van der Waals surface area contributed by atoms with Crippen molar-refractivity contribution in [2.24, 2.45) is 0 Å². The molecule has 4 aromatic rings. The van der Waals surface area contributed by atoms with Crippen molar-refractivity contribution in [3.63, 3.8) is 0 Å². The molecule has 34 heavy (non-hydrogen) atoms. The Bertz CT molecular complexity index is 1290. The lowest BCUT2D eigenvalue weighted by atomic mass is 10.0. The third kappa shape index (κ3) is 4.10. The molecule has 1 amide bonds. The predicted octanol–water partition coefficient (Wildman–Crippen LogP) is 4.24. The number of methoxy groups -OCH3 is 2. The Hall–Kier alpha value is -3.85. The molecule has 0 atom stereocenters. The van der Waals surface area contributed by atoms with Gasteiger partial charge in [0.25, 0.3) is 0 Å². The normalized spacial score (nSPS) is 12.5. The highest BCUT2D eigenvalue weighted by molar-refractivity contribution is 7.99. The van der Waals surface area contributed by atoms with Crippen molar-refractivity contribution in [1.29, 1.82) is 0 Å². The van der Waals surface area contributed by atoms with E-state index in [0.717, 1.165) is 35.3 Å². The van der Waals surface area contributed by atoms with E-state index in [2.05, 4.69) is 27.7 Å². The highest BCUT2D eigenvalue weighted by Crippen LogP contribution is 2.37. The number of rotatable bonds is 6. The van der Waals surface area contributed by atoms with Gasteiger partial charge >= 0.3 is 0 Å². The molecule has 0 bridgehead atoms. The van der Waals surface area contributed by atoms with E-state index in [1.807, 2.05) is 53.4 Å². The second kappa shape index (κ2) is 9.56. The number of hydrogen-bond donors (Lipinski definition) is 0. The van der Waals surface area contributed by atoms with Crippen LogP contribution in [0.5, 0.6) is 11.5 Å². The maximum atomic E-state index is 13.6. The molecule has 1 aliphatic heterocycles. The van der Waals surface area contributed by atoms with Gasteiger partial charge in [-0.15, -0.1) is 5.10 Å². The molecule has 0 radical (unpaired) electrons. The molecule has 172 valence electrons. The van der Waals surface area contributed by atoms with Gasteiger partial charge in [0.1, 0.15) is 17.2 Å². The first-order valence-corrected chi connectivity index (χ1v) is 11.8. The average Bonchev–Trinajstić information content (AvgIpc) is 3.28. The van der Waals surface area contributed by atoms with E-state index >= 15 is 0 Å². The zero-order valence-corrected chi connectivity index (χ0v) is 19.7. The number of amides is 1. The van der Waals surface area contributed by atoms with Gasteiger partial charge in [-0.05, 0) is 58.7 Å². The number of aromatic nitrogens is 4. The van der Waals surface area contributed by atoms with Gasteiger partial charge < -0.3 is 9.47 Å². The highest BCUT2D eigenvalue weighted by atomic mass is 32.2.